The van der Waals surface area contributed by atoms with E-state index < -0.39 is 17.5 Å². The van der Waals surface area contributed by atoms with Gasteiger partial charge in [0.2, 0.25) is 0 Å². The number of hydrogen-bond donors (Lipinski definition) is 1. The lowest BCUT2D eigenvalue weighted by molar-refractivity contribution is -0.157. The number of hydrogen-bond acceptors (Lipinski definition) is 5. The van der Waals surface area contributed by atoms with E-state index in [4.69, 9.17) is 9.47 Å². The van der Waals surface area contributed by atoms with Crippen molar-refractivity contribution in [2.75, 3.05) is 13.2 Å². The summed E-state index contributed by atoms with van der Waals surface area (Å²) in [6, 6.07) is 14.0. The molecular weight excluding hydrogens is 411 g/mol. The van der Waals surface area contributed by atoms with Crippen LogP contribution in [-0.4, -0.2) is 35.9 Å². The van der Waals surface area contributed by atoms with Gasteiger partial charge < -0.3 is 14.6 Å². The van der Waals surface area contributed by atoms with Gasteiger partial charge in [0.1, 0.15) is 11.4 Å². The van der Waals surface area contributed by atoms with Crippen LogP contribution in [0.2, 0.25) is 0 Å². The summed E-state index contributed by atoms with van der Waals surface area (Å²) in [4.78, 5) is 24.6. The smallest absolute Gasteiger partial charge is 0.311 e. The lowest BCUT2D eigenvalue weighted by atomic mass is 9.87. The van der Waals surface area contributed by atoms with Crippen molar-refractivity contribution in [1.82, 2.24) is 0 Å². The predicted octanol–water partition coefficient (Wildman–Crippen LogP) is 4.94. The number of benzene rings is 2. The highest BCUT2D eigenvalue weighted by Gasteiger charge is 2.27. The largest absolute Gasteiger partial charge is 0.466 e. The second-order valence-corrected chi connectivity index (χ2v) is 8.90. The minimum Gasteiger partial charge on any atom is -0.466 e. The fraction of sp³-hybridized carbons (Fsp3) is 0.462. The first-order valence-electron chi connectivity index (χ1n) is 11.0. The van der Waals surface area contributed by atoms with Crippen LogP contribution in [0.25, 0.3) is 11.1 Å². The van der Waals surface area contributed by atoms with Crippen molar-refractivity contribution < 1.29 is 28.6 Å². The molecule has 2 rings (SSSR count). The summed E-state index contributed by atoms with van der Waals surface area (Å²) in [5.74, 6) is -2.06. The third-order valence-corrected chi connectivity index (χ3v) is 5.00. The Morgan fingerprint density at radius 3 is 2.28 bits per heavy atom. The summed E-state index contributed by atoms with van der Waals surface area (Å²) >= 11 is 0. The van der Waals surface area contributed by atoms with Crippen LogP contribution in [0, 0.1) is 17.7 Å². The van der Waals surface area contributed by atoms with Crippen molar-refractivity contribution >= 4 is 11.9 Å². The monoisotopic (exact) mass is 444 g/mol. The maximum Gasteiger partial charge on any atom is 0.311 e. The number of rotatable bonds is 10. The van der Waals surface area contributed by atoms with Crippen molar-refractivity contribution in [1.29, 1.82) is 0 Å². The Morgan fingerprint density at radius 2 is 1.72 bits per heavy atom. The van der Waals surface area contributed by atoms with Gasteiger partial charge in [-0.3, -0.25) is 9.59 Å². The number of ether oxygens (including phenoxy) is 2. The van der Waals surface area contributed by atoms with Gasteiger partial charge >= 0.3 is 11.9 Å². The van der Waals surface area contributed by atoms with Crippen molar-refractivity contribution in [2.45, 2.75) is 52.6 Å². The molecule has 1 N–H and O–H groups in total. The standard InChI is InChI=1S/C26H33FO5/c1-5-31-25(30)21(17-28)15-19(16-24(29)32-26(2,3)4)14-18-10-12-20(13-11-18)22-8-6-7-9-23(22)27/h6-13,19,21,28H,5,14-17H2,1-4H3/t19-,21+/m1/s1. The van der Waals surface area contributed by atoms with Crippen LogP contribution >= 0.6 is 0 Å². The van der Waals surface area contributed by atoms with Gasteiger partial charge in [-0.15, -0.1) is 0 Å². The van der Waals surface area contributed by atoms with E-state index >= 15 is 0 Å². The Bertz CT molecular complexity index is 886. The summed E-state index contributed by atoms with van der Waals surface area (Å²) in [6.45, 7) is 6.99. The van der Waals surface area contributed by atoms with Crippen molar-refractivity contribution in [3.63, 3.8) is 0 Å². The molecule has 6 heteroatoms. The maximum absolute atomic E-state index is 14.1. The van der Waals surface area contributed by atoms with Gasteiger partial charge in [-0.05, 0) is 63.6 Å². The molecule has 0 unspecified atom stereocenters. The molecule has 5 nitrogen and oxygen atoms in total. The third-order valence-electron chi connectivity index (χ3n) is 5.00. The Labute approximate surface area is 189 Å². The molecule has 174 valence electrons. The topological polar surface area (TPSA) is 72.8 Å². The molecule has 2 atom stereocenters. The molecule has 0 heterocycles. The quantitative estimate of drug-likeness (QED) is 0.525. The SMILES string of the molecule is CCOC(=O)[C@H](CO)C[C@H](CC(=O)OC(C)(C)C)Cc1ccc(-c2ccccc2F)cc1. The summed E-state index contributed by atoms with van der Waals surface area (Å²) in [7, 11) is 0. The van der Waals surface area contributed by atoms with E-state index in [1.54, 1.807) is 45.9 Å². The molecule has 0 amide bonds. The van der Waals surface area contributed by atoms with Crippen molar-refractivity contribution in [2.24, 2.45) is 11.8 Å². The fourth-order valence-electron chi connectivity index (χ4n) is 3.61. The minimum absolute atomic E-state index is 0.113. The molecule has 0 saturated heterocycles. The minimum atomic E-state index is -0.708. The number of halogens is 1. The first-order chi connectivity index (χ1) is 15.1. The molecule has 0 aliphatic heterocycles. The average molecular weight is 445 g/mol. The maximum atomic E-state index is 14.1. The first-order valence-corrected chi connectivity index (χ1v) is 11.0. The first kappa shape index (κ1) is 25.5. The number of carbonyl (C=O) groups excluding carboxylic acids is 2. The number of aliphatic hydroxyl groups excluding tert-OH is 1. The van der Waals surface area contributed by atoms with Crippen LogP contribution in [0.1, 0.15) is 46.1 Å². The molecule has 32 heavy (non-hydrogen) atoms. The zero-order valence-corrected chi connectivity index (χ0v) is 19.3. The highest BCUT2D eigenvalue weighted by molar-refractivity contribution is 5.73. The van der Waals surface area contributed by atoms with Gasteiger partial charge in [0.15, 0.2) is 0 Å². The van der Waals surface area contributed by atoms with Crippen LogP contribution in [0.4, 0.5) is 4.39 Å². The Hall–Kier alpha value is -2.73. The third kappa shape index (κ3) is 8.08. The van der Waals surface area contributed by atoms with E-state index in [0.29, 0.717) is 18.4 Å². The molecule has 0 aromatic heterocycles. The summed E-state index contributed by atoms with van der Waals surface area (Å²) in [6.07, 6.45) is 0.915. The van der Waals surface area contributed by atoms with E-state index in [1.807, 2.05) is 24.3 Å². The van der Waals surface area contributed by atoms with E-state index in [2.05, 4.69) is 0 Å². The predicted molar refractivity (Wildman–Crippen MR) is 121 cm³/mol. The average Bonchev–Trinajstić information content (AvgIpc) is 2.71. The van der Waals surface area contributed by atoms with E-state index in [9.17, 15) is 19.1 Å². The molecule has 0 bridgehead atoms. The molecule has 0 fully saturated rings. The van der Waals surface area contributed by atoms with E-state index in [0.717, 1.165) is 11.1 Å². The molecule has 0 spiro atoms. The summed E-state index contributed by atoms with van der Waals surface area (Å²) < 4.78 is 24.6. The molecule has 0 radical (unpaired) electrons. The number of carbonyl (C=O) groups is 2. The number of aliphatic hydroxyl groups is 1. The fourth-order valence-corrected chi connectivity index (χ4v) is 3.61. The van der Waals surface area contributed by atoms with Gasteiger partial charge in [0, 0.05) is 12.0 Å². The zero-order valence-electron chi connectivity index (χ0n) is 19.3. The molecule has 2 aromatic carbocycles. The number of esters is 2. The highest BCUT2D eigenvalue weighted by Crippen LogP contribution is 2.27. The molecule has 0 saturated carbocycles. The molecule has 2 aromatic rings. The zero-order chi connectivity index (χ0) is 23.7. The van der Waals surface area contributed by atoms with Crippen LogP contribution in [0.3, 0.4) is 0 Å². The second-order valence-electron chi connectivity index (χ2n) is 8.90. The van der Waals surface area contributed by atoms with Gasteiger partial charge in [0.05, 0.1) is 19.1 Å². The Morgan fingerprint density at radius 1 is 1.06 bits per heavy atom. The second kappa shape index (κ2) is 11.8. The van der Waals surface area contributed by atoms with Gasteiger partial charge in [-0.2, -0.15) is 0 Å². The Kier molecular flexibility index (Phi) is 9.39. The Balaban J connectivity index is 2.18. The van der Waals surface area contributed by atoms with Crippen molar-refractivity contribution in [3.8, 4) is 11.1 Å². The normalized spacial score (nSPS) is 13.3. The van der Waals surface area contributed by atoms with Crippen molar-refractivity contribution in [3.05, 3.63) is 59.9 Å². The van der Waals surface area contributed by atoms with Gasteiger partial charge in [0.25, 0.3) is 0 Å². The molecule has 0 aliphatic carbocycles. The van der Waals surface area contributed by atoms with Crippen LogP contribution in [-0.2, 0) is 25.5 Å². The molecular formula is C26H33FO5. The van der Waals surface area contributed by atoms with Gasteiger partial charge in [-0.25, -0.2) is 4.39 Å². The van der Waals surface area contributed by atoms with E-state index in [1.165, 1.54) is 6.07 Å². The summed E-state index contributed by atoms with van der Waals surface area (Å²) in [5, 5.41) is 9.69. The summed E-state index contributed by atoms with van der Waals surface area (Å²) in [5.41, 5.74) is 1.61. The lowest BCUT2D eigenvalue weighted by Crippen LogP contribution is -2.29. The molecule has 0 aliphatic rings. The highest BCUT2D eigenvalue weighted by atomic mass is 19.1. The van der Waals surface area contributed by atoms with Crippen LogP contribution in [0.15, 0.2) is 48.5 Å². The van der Waals surface area contributed by atoms with E-state index in [-0.39, 0.29) is 37.3 Å². The lowest BCUT2D eigenvalue weighted by Gasteiger charge is -2.24. The van der Waals surface area contributed by atoms with Gasteiger partial charge in [-0.1, -0.05) is 42.5 Å². The van der Waals surface area contributed by atoms with Crippen LogP contribution in [0.5, 0.6) is 0 Å². The van der Waals surface area contributed by atoms with Crippen LogP contribution < -0.4 is 0 Å².